The standard InChI is InChI=1S/C16H31N3O2/c1-15(2)11-13(12-16(3,4)17-15)19(14(20)21)10-9-18-7-5-6-8-18/h13,17H,5-12H2,1-4H3,(H,20,21). The summed E-state index contributed by atoms with van der Waals surface area (Å²) >= 11 is 0. The molecule has 1 amide bonds. The van der Waals surface area contributed by atoms with E-state index < -0.39 is 6.09 Å². The third-order valence-corrected chi connectivity index (χ3v) is 4.71. The highest BCUT2D eigenvalue weighted by molar-refractivity contribution is 5.65. The Hall–Kier alpha value is -0.810. The molecule has 2 aliphatic heterocycles. The Kier molecular flexibility index (Phi) is 4.83. The third-order valence-electron chi connectivity index (χ3n) is 4.71. The number of likely N-dealkylation sites (tertiary alicyclic amines) is 1. The predicted molar refractivity (Wildman–Crippen MR) is 84.7 cm³/mol. The number of nitrogens with one attached hydrogen (secondary N) is 1. The molecule has 0 saturated carbocycles. The lowest BCUT2D eigenvalue weighted by atomic mass is 9.79. The van der Waals surface area contributed by atoms with Gasteiger partial charge in [-0.05, 0) is 66.5 Å². The second-order valence-electron chi connectivity index (χ2n) is 7.98. The van der Waals surface area contributed by atoms with Crippen LogP contribution in [0, 0.1) is 0 Å². The minimum absolute atomic E-state index is 0.0201. The number of piperidine rings is 1. The molecule has 0 aromatic heterocycles. The lowest BCUT2D eigenvalue weighted by molar-refractivity contribution is 0.0585. The number of rotatable bonds is 4. The molecule has 2 aliphatic rings. The maximum Gasteiger partial charge on any atom is 0.407 e. The zero-order valence-electron chi connectivity index (χ0n) is 14.0. The molecule has 0 aromatic carbocycles. The molecular weight excluding hydrogens is 266 g/mol. The summed E-state index contributed by atoms with van der Waals surface area (Å²) < 4.78 is 0. The first-order valence-corrected chi connectivity index (χ1v) is 8.20. The zero-order valence-corrected chi connectivity index (χ0v) is 14.0. The average molecular weight is 297 g/mol. The Bertz CT molecular complexity index is 360. The fourth-order valence-electron chi connectivity index (χ4n) is 4.18. The first kappa shape index (κ1) is 16.6. The molecule has 21 heavy (non-hydrogen) atoms. The van der Waals surface area contributed by atoms with Gasteiger partial charge in [0, 0.05) is 30.2 Å². The van der Waals surface area contributed by atoms with Crippen LogP contribution in [0.15, 0.2) is 0 Å². The maximum atomic E-state index is 11.7. The first-order valence-electron chi connectivity index (χ1n) is 8.20. The Morgan fingerprint density at radius 3 is 2.19 bits per heavy atom. The van der Waals surface area contributed by atoms with Crippen molar-refractivity contribution in [2.24, 2.45) is 0 Å². The second-order valence-corrected chi connectivity index (χ2v) is 7.98. The molecule has 0 bridgehead atoms. The number of carbonyl (C=O) groups is 1. The normalized spacial score (nSPS) is 25.9. The molecule has 2 rings (SSSR count). The lowest BCUT2D eigenvalue weighted by Gasteiger charge is -2.49. The molecule has 0 unspecified atom stereocenters. The van der Waals surface area contributed by atoms with Gasteiger partial charge in [0.1, 0.15) is 0 Å². The van der Waals surface area contributed by atoms with Crippen molar-refractivity contribution >= 4 is 6.09 Å². The van der Waals surface area contributed by atoms with Crippen molar-refractivity contribution in [2.75, 3.05) is 26.2 Å². The largest absolute Gasteiger partial charge is 0.465 e. The van der Waals surface area contributed by atoms with Gasteiger partial charge in [0.2, 0.25) is 0 Å². The molecule has 0 aliphatic carbocycles. The van der Waals surface area contributed by atoms with Crippen molar-refractivity contribution in [1.82, 2.24) is 15.1 Å². The van der Waals surface area contributed by atoms with Gasteiger partial charge >= 0.3 is 6.09 Å². The highest BCUT2D eigenvalue weighted by Crippen LogP contribution is 2.31. The smallest absolute Gasteiger partial charge is 0.407 e. The number of nitrogens with zero attached hydrogens (tertiary/aromatic N) is 2. The monoisotopic (exact) mass is 297 g/mol. The van der Waals surface area contributed by atoms with Crippen molar-refractivity contribution in [3.63, 3.8) is 0 Å². The van der Waals surface area contributed by atoms with Gasteiger partial charge in [-0.2, -0.15) is 0 Å². The van der Waals surface area contributed by atoms with E-state index in [0.29, 0.717) is 6.54 Å². The Morgan fingerprint density at radius 1 is 1.19 bits per heavy atom. The van der Waals surface area contributed by atoms with Crippen LogP contribution < -0.4 is 5.32 Å². The summed E-state index contributed by atoms with van der Waals surface area (Å²) in [6.45, 7) is 12.4. The molecule has 0 atom stereocenters. The molecule has 5 nitrogen and oxygen atoms in total. The Balaban J connectivity index is 2.00. The molecule has 2 saturated heterocycles. The predicted octanol–water partition coefficient (Wildman–Crippen LogP) is 2.37. The fourth-order valence-corrected chi connectivity index (χ4v) is 4.18. The number of hydrogen-bond acceptors (Lipinski definition) is 3. The van der Waals surface area contributed by atoms with Crippen molar-refractivity contribution in [3.8, 4) is 0 Å². The first-order chi connectivity index (χ1) is 9.69. The van der Waals surface area contributed by atoms with Crippen LogP contribution in [-0.4, -0.2) is 64.3 Å². The molecule has 0 spiro atoms. The molecule has 2 fully saturated rings. The molecule has 0 aromatic rings. The van der Waals surface area contributed by atoms with E-state index >= 15 is 0 Å². The van der Waals surface area contributed by atoms with E-state index in [0.717, 1.165) is 32.5 Å². The van der Waals surface area contributed by atoms with Gasteiger partial charge in [0.05, 0.1) is 0 Å². The number of amides is 1. The molecule has 2 N–H and O–H groups in total. The highest BCUT2D eigenvalue weighted by Gasteiger charge is 2.41. The van der Waals surface area contributed by atoms with Gasteiger partial charge in [-0.3, -0.25) is 0 Å². The average Bonchev–Trinajstić information content (AvgIpc) is 2.77. The zero-order chi connectivity index (χ0) is 15.7. The van der Waals surface area contributed by atoms with E-state index in [-0.39, 0.29) is 17.1 Å². The molecule has 0 radical (unpaired) electrons. The number of carboxylic acid groups (broad SMARTS) is 1. The second kappa shape index (κ2) is 6.13. The Morgan fingerprint density at radius 2 is 1.71 bits per heavy atom. The van der Waals surface area contributed by atoms with E-state index in [4.69, 9.17) is 0 Å². The summed E-state index contributed by atoms with van der Waals surface area (Å²) in [7, 11) is 0. The summed E-state index contributed by atoms with van der Waals surface area (Å²) in [5.74, 6) is 0. The minimum atomic E-state index is -0.771. The van der Waals surface area contributed by atoms with E-state index in [1.807, 2.05) is 0 Å². The third kappa shape index (κ3) is 4.58. The van der Waals surface area contributed by atoms with Crippen molar-refractivity contribution in [1.29, 1.82) is 0 Å². The van der Waals surface area contributed by atoms with Crippen molar-refractivity contribution in [2.45, 2.75) is 70.5 Å². The minimum Gasteiger partial charge on any atom is -0.465 e. The van der Waals surface area contributed by atoms with Gasteiger partial charge in [0.15, 0.2) is 0 Å². The van der Waals surface area contributed by atoms with E-state index in [2.05, 4.69) is 37.9 Å². The van der Waals surface area contributed by atoms with Gasteiger partial charge < -0.3 is 20.2 Å². The van der Waals surface area contributed by atoms with Crippen LogP contribution in [0.1, 0.15) is 53.4 Å². The summed E-state index contributed by atoms with van der Waals surface area (Å²) in [5, 5.41) is 13.2. The lowest BCUT2D eigenvalue weighted by Crippen LogP contribution is -2.63. The van der Waals surface area contributed by atoms with Gasteiger partial charge in [-0.25, -0.2) is 4.79 Å². The van der Waals surface area contributed by atoms with Crippen LogP contribution in [0.3, 0.4) is 0 Å². The van der Waals surface area contributed by atoms with E-state index in [9.17, 15) is 9.90 Å². The SMILES string of the molecule is CC1(C)CC(N(CCN2CCCC2)C(=O)O)CC(C)(C)N1. The quantitative estimate of drug-likeness (QED) is 0.836. The summed E-state index contributed by atoms with van der Waals surface area (Å²) in [4.78, 5) is 15.8. The number of hydrogen-bond donors (Lipinski definition) is 2. The summed E-state index contributed by atoms with van der Waals surface area (Å²) in [6, 6.07) is 0.108. The molecular formula is C16H31N3O2. The van der Waals surface area contributed by atoms with Crippen LogP contribution in [0.25, 0.3) is 0 Å². The molecule has 5 heteroatoms. The summed E-state index contributed by atoms with van der Waals surface area (Å²) in [5.41, 5.74) is -0.0402. The van der Waals surface area contributed by atoms with Gasteiger partial charge in [0.25, 0.3) is 0 Å². The van der Waals surface area contributed by atoms with Crippen LogP contribution in [0.2, 0.25) is 0 Å². The van der Waals surface area contributed by atoms with E-state index in [1.165, 1.54) is 12.8 Å². The Labute approximate surface area is 128 Å². The van der Waals surface area contributed by atoms with Crippen LogP contribution >= 0.6 is 0 Å². The topological polar surface area (TPSA) is 55.8 Å². The van der Waals surface area contributed by atoms with Crippen LogP contribution in [-0.2, 0) is 0 Å². The maximum absolute atomic E-state index is 11.7. The highest BCUT2D eigenvalue weighted by atomic mass is 16.4. The van der Waals surface area contributed by atoms with Crippen molar-refractivity contribution in [3.05, 3.63) is 0 Å². The fraction of sp³-hybridized carbons (Fsp3) is 0.938. The van der Waals surface area contributed by atoms with Gasteiger partial charge in [-0.15, -0.1) is 0 Å². The molecule has 2 heterocycles. The van der Waals surface area contributed by atoms with Gasteiger partial charge in [-0.1, -0.05) is 0 Å². The van der Waals surface area contributed by atoms with Crippen molar-refractivity contribution < 1.29 is 9.90 Å². The van der Waals surface area contributed by atoms with Crippen LogP contribution in [0.4, 0.5) is 4.79 Å². The summed E-state index contributed by atoms with van der Waals surface area (Å²) in [6.07, 6.45) is 3.49. The molecule has 122 valence electrons. The van der Waals surface area contributed by atoms with E-state index in [1.54, 1.807) is 4.90 Å². The van der Waals surface area contributed by atoms with Crippen LogP contribution in [0.5, 0.6) is 0 Å².